The molecular weight excluding hydrogens is 423 g/mol. The third-order valence-electron chi connectivity index (χ3n) is 4.79. The van der Waals surface area contributed by atoms with Gasteiger partial charge in [0.25, 0.3) is 0 Å². The zero-order chi connectivity index (χ0) is 22.0. The summed E-state index contributed by atoms with van der Waals surface area (Å²) in [5.74, 6) is -3.79. The molecule has 0 spiro atoms. The highest BCUT2D eigenvalue weighted by Gasteiger charge is 2.53. The van der Waals surface area contributed by atoms with E-state index >= 15 is 0 Å². The monoisotopic (exact) mass is 444 g/mol. The molecule has 0 unspecified atom stereocenters. The number of methoxy groups -OCH3 is 1. The van der Waals surface area contributed by atoms with Crippen molar-refractivity contribution in [3.8, 4) is 0 Å². The fourth-order valence-corrected chi connectivity index (χ4v) is 4.57. The fourth-order valence-electron chi connectivity index (χ4n) is 3.02. The van der Waals surface area contributed by atoms with Crippen molar-refractivity contribution in [3.63, 3.8) is 0 Å². The van der Waals surface area contributed by atoms with Crippen LogP contribution >= 0.6 is 0 Å². The number of carbonyl (C=O) groups excluding carboxylic acids is 1. The van der Waals surface area contributed by atoms with Gasteiger partial charge >= 0.3 is 6.18 Å². The molecule has 1 aliphatic heterocycles. The molecule has 1 amide bonds. The Bertz CT molecular complexity index is 854. The molecule has 1 N–H and O–H groups in total. The Morgan fingerprint density at radius 1 is 1.24 bits per heavy atom. The van der Waals surface area contributed by atoms with Crippen LogP contribution in [0.25, 0.3) is 0 Å². The summed E-state index contributed by atoms with van der Waals surface area (Å²) in [7, 11) is -3.27. The van der Waals surface area contributed by atoms with E-state index in [1.807, 2.05) is 5.32 Å². The lowest BCUT2D eigenvalue weighted by Gasteiger charge is -2.35. The van der Waals surface area contributed by atoms with Gasteiger partial charge in [-0.15, -0.1) is 0 Å². The van der Waals surface area contributed by atoms with Gasteiger partial charge < -0.3 is 10.1 Å². The lowest BCUT2D eigenvalue weighted by Crippen LogP contribution is -2.61. The Labute approximate surface area is 165 Å². The van der Waals surface area contributed by atoms with Gasteiger partial charge in [-0.2, -0.15) is 17.5 Å². The minimum Gasteiger partial charge on any atom is -0.382 e. The van der Waals surface area contributed by atoms with E-state index in [1.54, 1.807) is 0 Å². The van der Waals surface area contributed by atoms with E-state index in [1.165, 1.54) is 0 Å². The van der Waals surface area contributed by atoms with E-state index in [2.05, 4.69) is 4.74 Å². The summed E-state index contributed by atoms with van der Waals surface area (Å²) < 4.78 is 97.4. The normalized spacial score (nSPS) is 19.0. The van der Waals surface area contributed by atoms with Crippen LogP contribution in [0.15, 0.2) is 23.1 Å². The van der Waals surface area contributed by atoms with Crippen LogP contribution in [0.4, 0.5) is 22.0 Å². The van der Waals surface area contributed by atoms with Gasteiger partial charge in [0.1, 0.15) is 16.5 Å². The molecule has 1 saturated heterocycles. The topological polar surface area (TPSA) is 75.7 Å². The second kappa shape index (κ2) is 8.52. The molecule has 0 radical (unpaired) electrons. The van der Waals surface area contributed by atoms with Gasteiger partial charge in [0.15, 0.2) is 5.54 Å². The molecule has 1 heterocycles. The van der Waals surface area contributed by atoms with Gasteiger partial charge in [0.05, 0.1) is 6.61 Å². The lowest BCUT2D eigenvalue weighted by molar-refractivity contribution is -0.205. The number of rotatable bonds is 6. The number of piperidine rings is 1. The number of nitrogens with one attached hydrogen (secondary N) is 1. The van der Waals surface area contributed by atoms with Gasteiger partial charge in [0, 0.05) is 26.1 Å². The predicted molar refractivity (Wildman–Crippen MR) is 92.3 cm³/mol. The first-order valence-corrected chi connectivity index (χ1v) is 10.1. The first-order valence-electron chi connectivity index (χ1n) is 8.65. The maximum absolute atomic E-state index is 13.8. The number of alkyl halides is 3. The van der Waals surface area contributed by atoms with E-state index in [-0.39, 0.29) is 25.9 Å². The third-order valence-corrected chi connectivity index (χ3v) is 6.71. The number of nitrogens with zero attached hydrogens (tertiary/aromatic N) is 1. The molecule has 6 nitrogen and oxygen atoms in total. The van der Waals surface area contributed by atoms with E-state index in [0.717, 1.165) is 24.4 Å². The average Bonchev–Trinajstić information content (AvgIpc) is 2.63. The summed E-state index contributed by atoms with van der Waals surface area (Å²) in [6.45, 7) is -0.429. The molecule has 2 rings (SSSR count). The number of ether oxygens (including phenoxy) is 1. The zero-order valence-electron chi connectivity index (χ0n) is 15.7. The summed E-state index contributed by atoms with van der Waals surface area (Å²) in [6, 6.07) is 2.03. The van der Waals surface area contributed by atoms with Crippen molar-refractivity contribution in [1.82, 2.24) is 9.62 Å². The van der Waals surface area contributed by atoms with Crippen LogP contribution in [0.3, 0.4) is 0 Å². The second-order valence-electron chi connectivity index (χ2n) is 7.01. The zero-order valence-corrected chi connectivity index (χ0v) is 16.5. The van der Waals surface area contributed by atoms with Crippen LogP contribution in [0.1, 0.15) is 19.8 Å². The minimum absolute atomic E-state index is 0.0666. The second-order valence-corrected chi connectivity index (χ2v) is 8.91. The number of hydrogen-bond acceptors (Lipinski definition) is 4. The predicted octanol–water partition coefficient (Wildman–Crippen LogP) is 2.45. The maximum Gasteiger partial charge on any atom is 0.413 e. The van der Waals surface area contributed by atoms with Crippen LogP contribution in [0.5, 0.6) is 0 Å². The van der Waals surface area contributed by atoms with Crippen LogP contribution in [-0.4, -0.2) is 57.2 Å². The molecule has 1 aromatic rings. The molecule has 0 aliphatic carbocycles. The summed E-state index contributed by atoms with van der Waals surface area (Å²) in [6.07, 6.45) is -4.89. The molecular formula is C17H21F5N2O4S. The number of halogens is 5. The molecule has 29 heavy (non-hydrogen) atoms. The van der Waals surface area contributed by atoms with E-state index in [4.69, 9.17) is 0 Å². The Kier molecular flexibility index (Phi) is 6.90. The number of benzene rings is 1. The minimum atomic E-state index is -4.75. The van der Waals surface area contributed by atoms with Crippen molar-refractivity contribution < 1.29 is 39.9 Å². The highest BCUT2D eigenvalue weighted by molar-refractivity contribution is 7.89. The summed E-state index contributed by atoms with van der Waals surface area (Å²) in [4.78, 5) is 11.5. The van der Waals surface area contributed by atoms with E-state index in [9.17, 15) is 35.2 Å². The van der Waals surface area contributed by atoms with Crippen molar-refractivity contribution in [1.29, 1.82) is 0 Å². The van der Waals surface area contributed by atoms with Crippen LogP contribution in [0.2, 0.25) is 0 Å². The SMILES string of the molecule is COC[C@@](C)(NC(=O)C1CCN(S(=O)(=O)c2cc(F)ccc2F)CC1)C(F)(F)F. The Hall–Kier alpha value is -1.79. The van der Waals surface area contributed by atoms with Crippen molar-refractivity contribution in [3.05, 3.63) is 29.8 Å². The van der Waals surface area contributed by atoms with Crippen LogP contribution in [-0.2, 0) is 19.6 Å². The van der Waals surface area contributed by atoms with Crippen molar-refractivity contribution in [2.45, 2.75) is 36.4 Å². The first-order chi connectivity index (χ1) is 13.3. The van der Waals surface area contributed by atoms with Crippen LogP contribution < -0.4 is 5.32 Å². The molecule has 0 aromatic heterocycles. The van der Waals surface area contributed by atoms with E-state index < -0.39 is 56.7 Å². The average molecular weight is 444 g/mol. The Morgan fingerprint density at radius 2 is 1.83 bits per heavy atom. The summed E-state index contributed by atoms with van der Waals surface area (Å²) >= 11 is 0. The van der Waals surface area contributed by atoms with Crippen molar-refractivity contribution in [2.24, 2.45) is 5.92 Å². The van der Waals surface area contributed by atoms with Gasteiger partial charge in [-0.1, -0.05) is 0 Å². The van der Waals surface area contributed by atoms with Crippen molar-refractivity contribution >= 4 is 15.9 Å². The smallest absolute Gasteiger partial charge is 0.382 e. The van der Waals surface area contributed by atoms with Gasteiger partial charge in [-0.3, -0.25) is 4.79 Å². The van der Waals surface area contributed by atoms with Gasteiger partial charge in [0.2, 0.25) is 15.9 Å². The molecule has 1 aromatic carbocycles. The molecule has 164 valence electrons. The highest BCUT2D eigenvalue weighted by Crippen LogP contribution is 2.32. The highest BCUT2D eigenvalue weighted by atomic mass is 32.2. The van der Waals surface area contributed by atoms with Crippen molar-refractivity contribution in [2.75, 3.05) is 26.8 Å². The molecule has 1 atom stereocenters. The molecule has 0 saturated carbocycles. The number of carbonyl (C=O) groups is 1. The fraction of sp³-hybridized carbons (Fsp3) is 0.588. The van der Waals surface area contributed by atoms with Gasteiger partial charge in [-0.25, -0.2) is 17.2 Å². The quantitative estimate of drug-likeness (QED) is 0.684. The Balaban J connectivity index is 2.08. The van der Waals surface area contributed by atoms with Gasteiger partial charge in [-0.05, 0) is 38.0 Å². The van der Waals surface area contributed by atoms with Crippen LogP contribution in [0, 0.1) is 17.6 Å². The molecule has 0 bridgehead atoms. The summed E-state index contributed by atoms with van der Waals surface area (Å²) in [5, 5.41) is 1.94. The lowest BCUT2D eigenvalue weighted by atomic mass is 9.94. The third kappa shape index (κ3) is 5.04. The number of sulfonamides is 1. The summed E-state index contributed by atoms with van der Waals surface area (Å²) in [5.41, 5.74) is -2.59. The number of amides is 1. The molecule has 1 fully saturated rings. The Morgan fingerprint density at radius 3 is 2.34 bits per heavy atom. The molecule has 12 heteroatoms. The maximum atomic E-state index is 13.8. The first kappa shape index (κ1) is 23.5. The number of hydrogen-bond donors (Lipinski definition) is 1. The largest absolute Gasteiger partial charge is 0.413 e. The standard InChI is InChI=1S/C17H21F5N2O4S/c1-16(10-28-2,17(20,21)22)23-15(25)11-5-7-24(8-6-11)29(26,27)14-9-12(18)3-4-13(14)19/h3-4,9,11H,5-8,10H2,1-2H3,(H,23,25)/t16-/m1/s1. The van der Waals surface area contributed by atoms with E-state index in [0.29, 0.717) is 12.1 Å². The molecule has 1 aliphatic rings.